The topological polar surface area (TPSA) is 29.9 Å². The molecule has 1 N–H and O–H groups in total. The Kier molecular flexibility index (Phi) is 3.72. The Labute approximate surface area is 104 Å². The van der Waals surface area contributed by atoms with Crippen molar-refractivity contribution in [2.45, 2.75) is 20.0 Å². The molecule has 18 heavy (non-hydrogen) atoms. The van der Waals surface area contributed by atoms with Gasteiger partial charge in [0.25, 0.3) is 0 Å². The molecule has 1 heterocycles. The Morgan fingerprint density at radius 2 is 1.89 bits per heavy atom. The fourth-order valence-electron chi connectivity index (χ4n) is 1.89. The van der Waals surface area contributed by atoms with E-state index in [1.54, 1.807) is 4.68 Å². The van der Waals surface area contributed by atoms with Gasteiger partial charge in [0, 0.05) is 24.4 Å². The molecule has 0 aliphatic rings. The van der Waals surface area contributed by atoms with Crippen molar-refractivity contribution in [1.82, 2.24) is 15.1 Å². The van der Waals surface area contributed by atoms with Gasteiger partial charge in [-0.3, -0.25) is 4.68 Å². The van der Waals surface area contributed by atoms with E-state index in [9.17, 15) is 8.78 Å². The van der Waals surface area contributed by atoms with Gasteiger partial charge in [-0.25, -0.2) is 8.78 Å². The van der Waals surface area contributed by atoms with Crippen LogP contribution in [0, 0.1) is 18.6 Å². The van der Waals surface area contributed by atoms with Gasteiger partial charge in [0.1, 0.15) is 11.6 Å². The van der Waals surface area contributed by atoms with Crippen LogP contribution in [0.15, 0.2) is 24.4 Å². The predicted molar refractivity (Wildman–Crippen MR) is 65.2 cm³/mol. The summed E-state index contributed by atoms with van der Waals surface area (Å²) in [5, 5.41) is 7.36. The molecule has 96 valence electrons. The van der Waals surface area contributed by atoms with Gasteiger partial charge >= 0.3 is 0 Å². The number of halogens is 2. The number of aromatic nitrogens is 2. The highest BCUT2D eigenvalue weighted by Gasteiger charge is 2.06. The van der Waals surface area contributed by atoms with Crippen LogP contribution in [0.25, 0.3) is 0 Å². The first-order chi connectivity index (χ1) is 8.58. The van der Waals surface area contributed by atoms with Gasteiger partial charge in [-0.15, -0.1) is 0 Å². The largest absolute Gasteiger partial charge is 0.316 e. The molecule has 0 saturated carbocycles. The van der Waals surface area contributed by atoms with Crippen LogP contribution in [0.2, 0.25) is 0 Å². The Bertz CT molecular complexity index is 529. The molecule has 0 unspecified atom stereocenters. The summed E-state index contributed by atoms with van der Waals surface area (Å²) < 4.78 is 27.8. The molecule has 0 saturated heterocycles. The minimum absolute atomic E-state index is 0.360. The summed E-state index contributed by atoms with van der Waals surface area (Å²) in [6.07, 6.45) is 1.88. The number of aryl methyl sites for hydroxylation is 1. The maximum atomic E-state index is 13.1. The van der Waals surface area contributed by atoms with Gasteiger partial charge in [-0.05, 0) is 31.7 Å². The fraction of sp³-hybridized carbons (Fsp3) is 0.308. The quantitative estimate of drug-likeness (QED) is 0.903. The molecule has 0 aliphatic heterocycles. The monoisotopic (exact) mass is 251 g/mol. The maximum absolute atomic E-state index is 13.1. The number of nitrogens with one attached hydrogen (secondary N) is 1. The van der Waals surface area contributed by atoms with E-state index in [4.69, 9.17) is 0 Å². The zero-order chi connectivity index (χ0) is 13.1. The lowest BCUT2D eigenvalue weighted by molar-refractivity contribution is 0.574. The van der Waals surface area contributed by atoms with Gasteiger partial charge in [0.15, 0.2) is 0 Å². The molecular weight excluding hydrogens is 236 g/mol. The van der Waals surface area contributed by atoms with E-state index in [0.717, 1.165) is 23.9 Å². The molecule has 0 radical (unpaired) electrons. The normalized spacial score (nSPS) is 10.9. The van der Waals surface area contributed by atoms with E-state index in [1.165, 1.54) is 12.1 Å². The lowest BCUT2D eigenvalue weighted by Gasteiger charge is -2.02. The highest BCUT2D eigenvalue weighted by atomic mass is 19.1. The molecule has 0 amide bonds. The highest BCUT2D eigenvalue weighted by Crippen LogP contribution is 2.11. The van der Waals surface area contributed by atoms with E-state index < -0.39 is 11.6 Å². The molecule has 5 heteroatoms. The second kappa shape index (κ2) is 5.27. The second-order valence-electron chi connectivity index (χ2n) is 4.25. The van der Waals surface area contributed by atoms with Crippen LogP contribution in [-0.2, 0) is 13.1 Å². The molecule has 0 spiro atoms. The van der Waals surface area contributed by atoms with Crippen molar-refractivity contribution in [2.75, 3.05) is 7.05 Å². The zero-order valence-corrected chi connectivity index (χ0v) is 10.4. The van der Waals surface area contributed by atoms with E-state index in [-0.39, 0.29) is 0 Å². The van der Waals surface area contributed by atoms with Gasteiger partial charge in [-0.1, -0.05) is 0 Å². The molecule has 0 bridgehead atoms. The predicted octanol–water partition coefficient (Wildman–Crippen LogP) is 2.24. The van der Waals surface area contributed by atoms with Crippen LogP contribution in [-0.4, -0.2) is 16.8 Å². The van der Waals surface area contributed by atoms with E-state index >= 15 is 0 Å². The maximum Gasteiger partial charge on any atom is 0.126 e. The smallest absolute Gasteiger partial charge is 0.126 e. The third-order valence-electron chi connectivity index (χ3n) is 2.68. The molecule has 2 rings (SSSR count). The number of hydrogen-bond acceptors (Lipinski definition) is 2. The van der Waals surface area contributed by atoms with Gasteiger partial charge in [0.2, 0.25) is 0 Å². The van der Waals surface area contributed by atoms with Crippen molar-refractivity contribution >= 4 is 0 Å². The van der Waals surface area contributed by atoms with E-state index in [0.29, 0.717) is 12.1 Å². The standard InChI is InChI=1S/C13H15F2N3/c1-9-11(6-16-2)8-18(17-9)7-10-3-12(14)5-13(15)4-10/h3-5,8,16H,6-7H2,1-2H3. The van der Waals surface area contributed by atoms with Crippen molar-refractivity contribution < 1.29 is 8.78 Å². The van der Waals surface area contributed by atoms with Crippen molar-refractivity contribution in [3.8, 4) is 0 Å². The number of hydrogen-bond donors (Lipinski definition) is 1. The van der Waals surface area contributed by atoms with Crippen molar-refractivity contribution in [3.63, 3.8) is 0 Å². The molecular formula is C13H15F2N3. The van der Waals surface area contributed by atoms with E-state index in [1.807, 2.05) is 20.2 Å². The van der Waals surface area contributed by atoms with Crippen LogP contribution in [0.4, 0.5) is 8.78 Å². The fourth-order valence-corrected chi connectivity index (χ4v) is 1.89. The summed E-state index contributed by atoms with van der Waals surface area (Å²) in [6, 6.07) is 3.50. The van der Waals surface area contributed by atoms with Gasteiger partial charge < -0.3 is 5.32 Å². The minimum atomic E-state index is -0.565. The Morgan fingerprint density at radius 3 is 2.50 bits per heavy atom. The lowest BCUT2D eigenvalue weighted by atomic mass is 10.2. The summed E-state index contributed by atoms with van der Waals surface area (Å²) in [6.45, 7) is 3.00. The van der Waals surface area contributed by atoms with Crippen molar-refractivity contribution in [3.05, 3.63) is 52.9 Å². The molecule has 0 fully saturated rings. The van der Waals surface area contributed by atoms with Crippen LogP contribution in [0.3, 0.4) is 0 Å². The molecule has 1 aromatic heterocycles. The first-order valence-corrected chi connectivity index (χ1v) is 5.71. The Hall–Kier alpha value is -1.75. The first-order valence-electron chi connectivity index (χ1n) is 5.71. The summed E-state index contributed by atoms with van der Waals surface area (Å²) in [4.78, 5) is 0. The lowest BCUT2D eigenvalue weighted by Crippen LogP contribution is -2.05. The number of rotatable bonds is 4. The molecule has 0 aliphatic carbocycles. The molecule has 2 aromatic rings. The highest BCUT2D eigenvalue weighted by molar-refractivity contribution is 5.20. The summed E-state index contributed by atoms with van der Waals surface area (Å²) in [5.74, 6) is -1.13. The number of nitrogens with zero attached hydrogens (tertiary/aromatic N) is 2. The first kappa shape index (κ1) is 12.7. The van der Waals surface area contributed by atoms with Crippen LogP contribution in [0.1, 0.15) is 16.8 Å². The summed E-state index contributed by atoms with van der Waals surface area (Å²) in [5.41, 5.74) is 2.56. The average molecular weight is 251 g/mol. The number of benzene rings is 1. The van der Waals surface area contributed by atoms with Crippen molar-refractivity contribution in [2.24, 2.45) is 0 Å². The SMILES string of the molecule is CNCc1cn(Cc2cc(F)cc(F)c2)nc1C. The van der Waals surface area contributed by atoms with Crippen LogP contribution >= 0.6 is 0 Å². The van der Waals surface area contributed by atoms with Crippen LogP contribution in [0.5, 0.6) is 0 Å². The summed E-state index contributed by atoms with van der Waals surface area (Å²) >= 11 is 0. The van der Waals surface area contributed by atoms with E-state index in [2.05, 4.69) is 10.4 Å². The second-order valence-corrected chi connectivity index (χ2v) is 4.25. The van der Waals surface area contributed by atoms with Crippen molar-refractivity contribution in [1.29, 1.82) is 0 Å². The molecule has 0 atom stereocenters. The van der Waals surface area contributed by atoms with Gasteiger partial charge in [0.05, 0.1) is 12.2 Å². The Balaban J connectivity index is 2.20. The third-order valence-corrected chi connectivity index (χ3v) is 2.68. The summed E-state index contributed by atoms with van der Waals surface area (Å²) in [7, 11) is 1.86. The third kappa shape index (κ3) is 2.92. The molecule has 1 aromatic carbocycles. The zero-order valence-electron chi connectivity index (χ0n) is 10.4. The van der Waals surface area contributed by atoms with Crippen LogP contribution < -0.4 is 5.32 Å². The average Bonchev–Trinajstić information content (AvgIpc) is 2.58. The Morgan fingerprint density at radius 1 is 1.22 bits per heavy atom. The molecule has 3 nitrogen and oxygen atoms in total. The van der Waals surface area contributed by atoms with Gasteiger partial charge in [-0.2, -0.15) is 5.10 Å². The minimum Gasteiger partial charge on any atom is -0.316 e.